The number of ether oxygens (including phenoxy) is 5. The molecule has 1 saturated heterocycles. The number of hydrogen-bond acceptors (Lipinski definition) is 8. The van der Waals surface area contributed by atoms with E-state index < -0.39 is 46.5 Å². The highest BCUT2D eigenvalue weighted by molar-refractivity contribution is 7.92. The minimum atomic E-state index is -3.91. The van der Waals surface area contributed by atoms with Gasteiger partial charge in [0.1, 0.15) is 37.1 Å². The summed E-state index contributed by atoms with van der Waals surface area (Å²) in [5.74, 6) is 5.92. The molecule has 278 valence electrons. The van der Waals surface area contributed by atoms with Gasteiger partial charge in [-0.1, -0.05) is 133 Å². The number of para-hydroxylation sites is 1. The van der Waals surface area contributed by atoms with Gasteiger partial charge >= 0.3 is 5.97 Å². The zero-order chi connectivity index (χ0) is 37.8. The summed E-state index contributed by atoms with van der Waals surface area (Å²) in [6.45, 7) is 3.83. The van der Waals surface area contributed by atoms with Gasteiger partial charge in [0.2, 0.25) is 0 Å². The number of carbonyl (C=O) groups is 1. The summed E-state index contributed by atoms with van der Waals surface area (Å²) in [5.41, 5.74) is 4.51. The first-order valence-corrected chi connectivity index (χ1v) is 19.2. The van der Waals surface area contributed by atoms with Crippen LogP contribution in [0.25, 0.3) is 0 Å². The third-order valence-corrected chi connectivity index (χ3v) is 10.2. The summed E-state index contributed by atoms with van der Waals surface area (Å²) in [4.78, 5) is 12.2. The maximum absolute atomic E-state index is 13.4. The van der Waals surface area contributed by atoms with Crippen LogP contribution in [0.5, 0.6) is 0 Å². The van der Waals surface area contributed by atoms with Crippen molar-refractivity contribution in [2.24, 2.45) is 0 Å². The number of rotatable bonds is 14. The molecule has 10 heteroatoms. The Bertz CT molecular complexity index is 2120. The van der Waals surface area contributed by atoms with Crippen LogP contribution in [0.15, 0.2) is 144 Å². The van der Waals surface area contributed by atoms with Crippen LogP contribution in [0.3, 0.4) is 0 Å². The Morgan fingerprint density at radius 1 is 0.667 bits per heavy atom. The zero-order valence-corrected chi connectivity index (χ0v) is 31.0. The average Bonchev–Trinajstić information content (AvgIpc) is 3.19. The highest BCUT2D eigenvalue weighted by atomic mass is 32.2. The Morgan fingerprint density at radius 2 is 1.17 bits per heavy atom. The molecule has 9 nitrogen and oxygen atoms in total. The molecule has 0 unspecified atom stereocenters. The van der Waals surface area contributed by atoms with E-state index in [0.717, 1.165) is 22.3 Å². The van der Waals surface area contributed by atoms with Crippen molar-refractivity contribution in [3.63, 3.8) is 0 Å². The predicted molar refractivity (Wildman–Crippen MR) is 206 cm³/mol. The van der Waals surface area contributed by atoms with Crippen LogP contribution in [0.2, 0.25) is 0 Å². The lowest BCUT2D eigenvalue weighted by Crippen LogP contribution is -2.61. The SMILES string of the molecule is CC(=O)OC[C@H]1O[C@H](C#Cc2ccccc2NS(=O)(=O)c2ccc(C)cc2)[C@@H](OCc2ccccc2)[C@@H](OCc2ccccc2)[C@@H]1OCc1ccccc1. The summed E-state index contributed by atoms with van der Waals surface area (Å²) in [5, 5.41) is 0. The maximum atomic E-state index is 13.4. The van der Waals surface area contributed by atoms with E-state index in [1.807, 2.05) is 97.9 Å². The first kappa shape index (κ1) is 38.4. The number of aryl methyl sites for hydroxylation is 1. The largest absolute Gasteiger partial charge is 0.463 e. The molecular weight excluding hydrogens is 703 g/mol. The van der Waals surface area contributed by atoms with Gasteiger partial charge in [0.25, 0.3) is 10.0 Å². The van der Waals surface area contributed by atoms with E-state index in [0.29, 0.717) is 11.3 Å². The van der Waals surface area contributed by atoms with E-state index >= 15 is 0 Å². The second-order valence-corrected chi connectivity index (χ2v) is 14.6. The first-order valence-electron chi connectivity index (χ1n) is 17.7. The summed E-state index contributed by atoms with van der Waals surface area (Å²) < 4.78 is 61.5. The standard InChI is InChI=1S/C44H43NO8S/c1-32-22-25-38(26-23-32)54(47,48)45-39-21-13-12-20-37(39)24-27-40-42(50-28-34-14-6-3-7-15-34)44(52-30-36-18-10-5-11-19-36)43(41(53-40)31-49-33(2)46)51-29-35-16-8-4-9-17-35/h3-23,25-26,40-45H,28-31H2,1-2H3/t40-,41-,42-,43-,44-/m1/s1. The van der Waals surface area contributed by atoms with Crippen LogP contribution in [0.1, 0.15) is 34.7 Å². The summed E-state index contributed by atoms with van der Waals surface area (Å²) in [6.07, 6.45) is -3.95. The monoisotopic (exact) mass is 745 g/mol. The lowest BCUT2D eigenvalue weighted by molar-refractivity contribution is -0.259. The molecule has 0 aromatic heterocycles. The molecule has 0 aliphatic carbocycles. The summed E-state index contributed by atoms with van der Waals surface area (Å²) >= 11 is 0. The molecule has 54 heavy (non-hydrogen) atoms. The van der Waals surface area contributed by atoms with E-state index in [1.54, 1.807) is 48.5 Å². The first-order chi connectivity index (χ1) is 26.2. The number of benzene rings is 5. The van der Waals surface area contributed by atoms with Gasteiger partial charge < -0.3 is 23.7 Å². The van der Waals surface area contributed by atoms with Crippen molar-refractivity contribution < 1.29 is 36.9 Å². The number of carbonyl (C=O) groups excluding carboxylic acids is 1. The molecule has 0 saturated carbocycles. The summed E-state index contributed by atoms with van der Waals surface area (Å²) in [6, 6.07) is 42.8. The van der Waals surface area contributed by atoms with Crippen LogP contribution >= 0.6 is 0 Å². The highest BCUT2D eigenvalue weighted by Gasteiger charge is 2.48. The van der Waals surface area contributed by atoms with Crippen molar-refractivity contribution in [3.8, 4) is 11.8 Å². The zero-order valence-electron chi connectivity index (χ0n) is 30.2. The van der Waals surface area contributed by atoms with Crippen LogP contribution in [-0.4, -0.2) is 51.5 Å². The maximum Gasteiger partial charge on any atom is 0.302 e. The van der Waals surface area contributed by atoms with Crippen molar-refractivity contribution >= 4 is 21.7 Å². The topological polar surface area (TPSA) is 109 Å². The normalized spacial score (nSPS) is 19.6. The van der Waals surface area contributed by atoms with E-state index in [-0.39, 0.29) is 31.3 Å². The predicted octanol–water partition coefficient (Wildman–Crippen LogP) is 7.23. The lowest BCUT2D eigenvalue weighted by atomic mass is 9.93. The number of nitrogens with one attached hydrogen (secondary N) is 1. The van der Waals surface area contributed by atoms with Crippen molar-refractivity contribution in [1.82, 2.24) is 0 Å². The molecule has 0 radical (unpaired) electrons. The molecule has 1 fully saturated rings. The second-order valence-electron chi connectivity index (χ2n) is 12.9. The van der Waals surface area contributed by atoms with Gasteiger partial charge in [-0.3, -0.25) is 9.52 Å². The van der Waals surface area contributed by atoms with Crippen LogP contribution < -0.4 is 4.72 Å². The number of anilines is 1. The molecule has 5 aromatic carbocycles. The molecule has 1 N–H and O–H groups in total. The van der Waals surface area contributed by atoms with Gasteiger partial charge in [-0.05, 0) is 47.9 Å². The fraction of sp³-hybridized carbons (Fsp3) is 0.250. The van der Waals surface area contributed by atoms with E-state index in [1.165, 1.54) is 6.92 Å². The van der Waals surface area contributed by atoms with Crippen LogP contribution in [-0.2, 0) is 58.3 Å². The Balaban J connectivity index is 1.37. The summed E-state index contributed by atoms with van der Waals surface area (Å²) in [7, 11) is -3.91. The van der Waals surface area contributed by atoms with Gasteiger partial charge in [0.15, 0.2) is 0 Å². The van der Waals surface area contributed by atoms with Crippen molar-refractivity contribution in [2.75, 3.05) is 11.3 Å². The smallest absolute Gasteiger partial charge is 0.302 e. The van der Waals surface area contributed by atoms with Crippen molar-refractivity contribution in [3.05, 3.63) is 167 Å². The number of esters is 1. The Labute approximate surface area is 317 Å². The number of hydrogen-bond donors (Lipinski definition) is 1. The van der Waals surface area contributed by atoms with E-state index in [9.17, 15) is 13.2 Å². The fourth-order valence-electron chi connectivity index (χ4n) is 5.99. The molecule has 0 amide bonds. The minimum absolute atomic E-state index is 0.115. The van der Waals surface area contributed by atoms with Gasteiger partial charge in [-0.15, -0.1) is 0 Å². The molecule has 1 aliphatic rings. The number of sulfonamides is 1. The second kappa shape index (κ2) is 18.7. The molecule has 6 rings (SSSR count). The third kappa shape index (κ3) is 10.7. The highest BCUT2D eigenvalue weighted by Crippen LogP contribution is 2.31. The molecule has 1 heterocycles. The Kier molecular flexibility index (Phi) is 13.3. The Morgan fingerprint density at radius 3 is 1.72 bits per heavy atom. The Hall–Kier alpha value is -5.28. The van der Waals surface area contributed by atoms with E-state index in [2.05, 4.69) is 16.6 Å². The van der Waals surface area contributed by atoms with Gasteiger partial charge in [-0.25, -0.2) is 8.42 Å². The lowest BCUT2D eigenvalue weighted by Gasteiger charge is -2.44. The molecule has 5 atom stereocenters. The van der Waals surface area contributed by atoms with Crippen molar-refractivity contribution in [1.29, 1.82) is 0 Å². The van der Waals surface area contributed by atoms with Gasteiger partial charge in [-0.2, -0.15) is 0 Å². The van der Waals surface area contributed by atoms with E-state index in [4.69, 9.17) is 23.7 Å². The fourth-order valence-corrected chi connectivity index (χ4v) is 7.07. The van der Waals surface area contributed by atoms with Gasteiger partial charge in [0, 0.05) is 12.5 Å². The minimum Gasteiger partial charge on any atom is -0.463 e. The average molecular weight is 746 g/mol. The van der Waals surface area contributed by atoms with Crippen LogP contribution in [0.4, 0.5) is 5.69 Å². The molecule has 5 aromatic rings. The molecule has 0 bridgehead atoms. The quantitative estimate of drug-likeness (QED) is 0.0937. The van der Waals surface area contributed by atoms with Gasteiger partial charge in [0.05, 0.1) is 30.4 Å². The van der Waals surface area contributed by atoms with Crippen LogP contribution in [0, 0.1) is 18.8 Å². The molecular formula is C44H43NO8S. The third-order valence-electron chi connectivity index (χ3n) is 8.79. The van der Waals surface area contributed by atoms with Crippen molar-refractivity contribution in [2.45, 2.75) is 69.1 Å². The molecule has 0 spiro atoms. The molecule has 1 aliphatic heterocycles.